The molecule has 0 heterocycles. The second kappa shape index (κ2) is 5.65. The highest BCUT2D eigenvalue weighted by molar-refractivity contribution is 6.05. The van der Waals surface area contributed by atoms with Crippen molar-refractivity contribution in [2.24, 2.45) is 0 Å². The second-order valence-electron chi connectivity index (χ2n) is 4.40. The Morgan fingerprint density at radius 2 is 1.89 bits per heavy atom. The van der Waals surface area contributed by atoms with Gasteiger partial charge >= 0.3 is 0 Å². The van der Waals surface area contributed by atoms with Crippen molar-refractivity contribution >= 4 is 11.6 Å². The maximum atomic E-state index is 13.7. The Bertz CT molecular complexity index is 587. The van der Waals surface area contributed by atoms with E-state index in [0.717, 1.165) is 17.7 Å². The fraction of sp³-hybridized carbons (Fsp3) is 0.188. The van der Waals surface area contributed by atoms with Gasteiger partial charge in [-0.15, -0.1) is 0 Å². The van der Waals surface area contributed by atoms with Crippen molar-refractivity contribution in [3.63, 3.8) is 0 Å². The molecule has 1 amide bonds. The van der Waals surface area contributed by atoms with E-state index in [2.05, 4.69) is 5.32 Å². The lowest BCUT2D eigenvalue weighted by molar-refractivity contribution is 0.102. The van der Waals surface area contributed by atoms with Crippen molar-refractivity contribution in [1.82, 2.24) is 0 Å². The number of hydrogen-bond donors (Lipinski definition) is 1. The molecule has 0 aliphatic carbocycles. The summed E-state index contributed by atoms with van der Waals surface area (Å²) in [5.74, 6) is -0.900. The van der Waals surface area contributed by atoms with Crippen LogP contribution in [-0.2, 0) is 6.42 Å². The Kier molecular flexibility index (Phi) is 3.95. The Labute approximate surface area is 112 Å². The predicted molar refractivity (Wildman–Crippen MR) is 74.9 cm³/mol. The summed E-state index contributed by atoms with van der Waals surface area (Å²) in [6.45, 7) is 3.74. The molecule has 1 N–H and O–H groups in total. The summed E-state index contributed by atoms with van der Waals surface area (Å²) in [5, 5.41) is 2.78. The second-order valence-corrected chi connectivity index (χ2v) is 4.40. The topological polar surface area (TPSA) is 29.1 Å². The van der Waals surface area contributed by atoms with Crippen molar-refractivity contribution in [3.05, 3.63) is 65.0 Å². The van der Waals surface area contributed by atoms with Crippen LogP contribution in [0.5, 0.6) is 0 Å². The predicted octanol–water partition coefficient (Wildman–Crippen LogP) is 3.95. The quantitative estimate of drug-likeness (QED) is 0.886. The van der Waals surface area contributed by atoms with Gasteiger partial charge in [0.25, 0.3) is 5.91 Å². The van der Waals surface area contributed by atoms with E-state index < -0.39 is 11.7 Å². The summed E-state index contributed by atoms with van der Waals surface area (Å²) in [5.41, 5.74) is 2.50. The van der Waals surface area contributed by atoms with Crippen LogP contribution < -0.4 is 5.32 Å². The molecule has 0 saturated heterocycles. The molecule has 0 radical (unpaired) electrons. The van der Waals surface area contributed by atoms with Gasteiger partial charge in [0.05, 0.1) is 5.56 Å². The van der Waals surface area contributed by atoms with Crippen molar-refractivity contribution in [2.75, 3.05) is 5.32 Å². The first kappa shape index (κ1) is 13.3. The third-order valence-corrected chi connectivity index (χ3v) is 3.10. The molecule has 0 spiro atoms. The monoisotopic (exact) mass is 257 g/mol. The van der Waals surface area contributed by atoms with E-state index in [0.29, 0.717) is 5.56 Å². The highest BCUT2D eigenvalue weighted by Gasteiger charge is 2.15. The van der Waals surface area contributed by atoms with Gasteiger partial charge in [-0.3, -0.25) is 4.79 Å². The summed E-state index contributed by atoms with van der Waals surface area (Å²) in [7, 11) is 0. The van der Waals surface area contributed by atoms with Gasteiger partial charge in [0.15, 0.2) is 0 Å². The minimum Gasteiger partial charge on any atom is -0.322 e. The zero-order valence-corrected chi connectivity index (χ0v) is 11.0. The van der Waals surface area contributed by atoms with Crippen LogP contribution >= 0.6 is 0 Å². The number of para-hydroxylation sites is 1. The molecule has 2 aromatic rings. The minimum atomic E-state index is -0.494. The standard InChI is InChI=1S/C16H16FNO/c1-3-12-8-4-5-10-14(12)18-16(19)15-11(2)7-6-9-13(15)17/h4-10H,3H2,1-2H3,(H,18,19). The van der Waals surface area contributed by atoms with Crippen LogP contribution in [0.1, 0.15) is 28.4 Å². The zero-order chi connectivity index (χ0) is 13.8. The Balaban J connectivity index is 2.31. The van der Waals surface area contributed by atoms with E-state index in [4.69, 9.17) is 0 Å². The van der Waals surface area contributed by atoms with Gasteiger partial charge in [0.2, 0.25) is 0 Å². The molecule has 0 saturated carbocycles. The van der Waals surface area contributed by atoms with Crippen molar-refractivity contribution in [1.29, 1.82) is 0 Å². The normalized spacial score (nSPS) is 10.3. The SMILES string of the molecule is CCc1ccccc1NC(=O)c1c(C)cccc1F. The summed E-state index contributed by atoms with van der Waals surface area (Å²) >= 11 is 0. The Morgan fingerprint density at radius 1 is 1.16 bits per heavy atom. The molecule has 0 atom stereocenters. The van der Waals surface area contributed by atoms with Gasteiger partial charge in [0, 0.05) is 5.69 Å². The fourth-order valence-corrected chi connectivity index (χ4v) is 2.05. The third kappa shape index (κ3) is 2.81. The average Bonchev–Trinajstić information content (AvgIpc) is 2.39. The van der Waals surface area contributed by atoms with Crippen LogP contribution in [0.15, 0.2) is 42.5 Å². The van der Waals surface area contributed by atoms with Gasteiger partial charge in [-0.1, -0.05) is 37.3 Å². The highest BCUT2D eigenvalue weighted by Crippen LogP contribution is 2.19. The number of nitrogens with one attached hydrogen (secondary N) is 1. The Hall–Kier alpha value is -2.16. The first-order valence-corrected chi connectivity index (χ1v) is 6.28. The van der Waals surface area contributed by atoms with Crippen LogP contribution in [0, 0.1) is 12.7 Å². The fourth-order valence-electron chi connectivity index (χ4n) is 2.05. The number of anilines is 1. The van der Waals surface area contributed by atoms with E-state index in [-0.39, 0.29) is 5.56 Å². The molecule has 0 aliphatic heterocycles. The van der Waals surface area contributed by atoms with Gasteiger partial charge in [0.1, 0.15) is 5.82 Å². The first-order chi connectivity index (χ1) is 9.13. The molecule has 0 aromatic heterocycles. The average molecular weight is 257 g/mol. The third-order valence-electron chi connectivity index (χ3n) is 3.10. The minimum absolute atomic E-state index is 0.105. The number of carbonyl (C=O) groups is 1. The molecule has 98 valence electrons. The molecule has 0 bridgehead atoms. The summed E-state index contributed by atoms with van der Waals surface area (Å²) in [6, 6.07) is 12.2. The lowest BCUT2D eigenvalue weighted by Gasteiger charge is -2.11. The number of hydrogen-bond acceptors (Lipinski definition) is 1. The molecular weight excluding hydrogens is 241 g/mol. The van der Waals surface area contributed by atoms with Gasteiger partial charge < -0.3 is 5.32 Å². The van der Waals surface area contributed by atoms with Crippen molar-refractivity contribution in [3.8, 4) is 0 Å². The summed E-state index contributed by atoms with van der Waals surface area (Å²) in [4.78, 5) is 12.2. The van der Waals surface area contributed by atoms with Gasteiger partial charge in [-0.25, -0.2) is 4.39 Å². The maximum absolute atomic E-state index is 13.7. The van der Waals surface area contributed by atoms with Crippen LogP contribution in [0.4, 0.5) is 10.1 Å². The molecule has 0 unspecified atom stereocenters. The maximum Gasteiger partial charge on any atom is 0.258 e. The van der Waals surface area contributed by atoms with Crippen LogP contribution in [-0.4, -0.2) is 5.91 Å². The largest absolute Gasteiger partial charge is 0.322 e. The van der Waals surface area contributed by atoms with Crippen LogP contribution in [0.3, 0.4) is 0 Å². The number of halogens is 1. The van der Waals surface area contributed by atoms with Crippen LogP contribution in [0.25, 0.3) is 0 Å². The Morgan fingerprint density at radius 3 is 2.58 bits per heavy atom. The van der Waals surface area contributed by atoms with E-state index in [1.165, 1.54) is 6.07 Å². The molecule has 2 nitrogen and oxygen atoms in total. The molecule has 19 heavy (non-hydrogen) atoms. The van der Waals surface area contributed by atoms with E-state index in [1.807, 2.05) is 31.2 Å². The van der Waals surface area contributed by atoms with E-state index in [1.54, 1.807) is 19.1 Å². The highest BCUT2D eigenvalue weighted by atomic mass is 19.1. The molecule has 0 fully saturated rings. The molecule has 2 rings (SSSR count). The van der Waals surface area contributed by atoms with Crippen molar-refractivity contribution in [2.45, 2.75) is 20.3 Å². The zero-order valence-electron chi connectivity index (χ0n) is 11.0. The molecule has 2 aromatic carbocycles. The molecule has 3 heteroatoms. The van der Waals surface area contributed by atoms with E-state index in [9.17, 15) is 9.18 Å². The number of aryl methyl sites for hydroxylation is 2. The lowest BCUT2D eigenvalue weighted by atomic mass is 10.1. The van der Waals surface area contributed by atoms with Gasteiger partial charge in [-0.2, -0.15) is 0 Å². The molecule has 0 aliphatic rings. The van der Waals surface area contributed by atoms with Gasteiger partial charge in [-0.05, 0) is 36.6 Å². The van der Waals surface area contributed by atoms with Crippen LogP contribution in [0.2, 0.25) is 0 Å². The van der Waals surface area contributed by atoms with E-state index >= 15 is 0 Å². The number of amides is 1. The summed E-state index contributed by atoms with van der Waals surface area (Å²) in [6.07, 6.45) is 0.812. The molecular formula is C16H16FNO. The number of carbonyl (C=O) groups excluding carboxylic acids is 1. The van der Waals surface area contributed by atoms with Crippen molar-refractivity contribution < 1.29 is 9.18 Å². The lowest BCUT2D eigenvalue weighted by Crippen LogP contribution is -2.16. The first-order valence-electron chi connectivity index (χ1n) is 6.28. The number of rotatable bonds is 3. The smallest absolute Gasteiger partial charge is 0.258 e. The number of benzene rings is 2. The summed E-state index contributed by atoms with van der Waals surface area (Å²) < 4.78 is 13.7.